The minimum atomic E-state index is -4.07. The second kappa shape index (κ2) is 11.7. The molecule has 0 aliphatic heterocycles. The second-order valence-corrected chi connectivity index (χ2v) is 11.3. The first-order valence-electron chi connectivity index (χ1n) is 11.4. The smallest absolute Gasteiger partial charge is 0.264 e. The van der Waals surface area contributed by atoms with Gasteiger partial charge in [0.15, 0.2) is 0 Å². The molecule has 0 aromatic heterocycles. The van der Waals surface area contributed by atoms with E-state index in [1.54, 1.807) is 37.3 Å². The van der Waals surface area contributed by atoms with Gasteiger partial charge in [-0.25, -0.2) is 8.42 Å². The number of nitrogens with zero attached hydrogens (tertiary/aromatic N) is 2. The summed E-state index contributed by atoms with van der Waals surface area (Å²) in [6, 6.07) is 19.9. The fourth-order valence-electron chi connectivity index (χ4n) is 3.75. The molecule has 7 nitrogen and oxygen atoms in total. The molecule has 0 fully saturated rings. The van der Waals surface area contributed by atoms with Crippen molar-refractivity contribution < 1.29 is 18.0 Å². The van der Waals surface area contributed by atoms with Crippen molar-refractivity contribution in [3.63, 3.8) is 0 Å². The van der Waals surface area contributed by atoms with Crippen LogP contribution in [0, 0.1) is 13.8 Å². The number of hydrogen-bond acceptors (Lipinski definition) is 4. The predicted molar refractivity (Wildman–Crippen MR) is 145 cm³/mol. The van der Waals surface area contributed by atoms with Crippen LogP contribution in [0.25, 0.3) is 0 Å². The summed E-state index contributed by atoms with van der Waals surface area (Å²) in [5.41, 5.74) is 3.09. The van der Waals surface area contributed by atoms with Crippen LogP contribution in [0.15, 0.2) is 82.2 Å². The Balaban J connectivity index is 2.05. The van der Waals surface area contributed by atoms with E-state index in [1.807, 2.05) is 44.2 Å². The van der Waals surface area contributed by atoms with Crippen molar-refractivity contribution >= 4 is 43.5 Å². The number of carbonyl (C=O) groups excluding carboxylic acids is 2. The minimum absolute atomic E-state index is 0.0777. The van der Waals surface area contributed by atoms with Crippen molar-refractivity contribution in [1.29, 1.82) is 0 Å². The number of aryl methyl sites for hydroxylation is 2. The maximum atomic E-state index is 13.7. The van der Waals surface area contributed by atoms with Crippen LogP contribution >= 0.6 is 15.9 Å². The molecule has 0 bridgehead atoms. The molecule has 1 unspecified atom stereocenters. The van der Waals surface area contributed by atoms with Crippen LogP contribution in [0.2, 0.25) is 0 Å². The van der Waals surface area contributed by atoms with Gasteiger partial charge in [0, 0.05) is 18.1 Å². The summed E-state index contributed by atoms with van der Waals surface area (Å²) < 4.78 is 29.4. The number of amides is 2. The van der Waals surface area contributed by atoms with E-state index in [1.165, 1.54) is 24.1 Å². The third-order valence-corrected chi connectivity index (χ3v) is 8.33. The van der Waals surface area contributed by atoms with Gasteiger partial charge < -0.3 is 10.2 Å². The van der Waals surface area contributed by atoms with Gasteiger partial charge in [-0.3, -0.25) is 13.9 Å². The van der Waals surface area contributed by atoms with E-state index >= 15 is 0 Å². The van der Waals surface area contributed by atoms with Gasteiger partial charge in [-0.2, -0.15) is 0 Å². The van der Waals surface area contributed by atoms with Gasteiger partial charge >= 0.3 is 0 Å². The molecule has 1 N–H and O–H groups in total. The van der Waals surface area contributed by atoms with E-state index in [4.69, 9.17) is 0 Å². The molecular weight excluding hydrogens is 542 g/mol. The fourth-order valence-corrected chi connectivity index (χ4v) is 5.63. The number of rotatable bonds is 9. The Morgan fingerprint density at radius 3 is 2.25 bits per heavy atom. The highest BCUT2D eigenvalue weighted by molar-refractivity contribution is 9.10. The lowest BCUT2D eigenvalue weighted by molar-refractivity contribution is -0.139. The lowest BCUT2D eigenvalue weighted by Gasteiger charge is -2.32. The Labute approximate surface area is 221 Å². The summed E-state index contributed by atoms with van der Waals surface area (Å²) in [6.07, 6.45) is 0. The maximum Gasteiger partial charge on any atom is 0.264 e. The zero-order valence-corrected chi connectivity index (χ0v) is 23.1. The molecule has 36 heavy (non-hydrogen) atoms. The van der Waals surface area contributed by atoms with Crippen molar-refractivity contribution in [2.45, 2.75) is 38.3 Å². The molecule has 3 aromatic carbocycles. The van der Waals surface area contributed by atoms with E-state index in [0.717, 1.165) is 25.5 Å². The Morgan fingerprint density at radius 1 is 0.944 bits per heavy atom. The van der Waals surface area contributed by atoms with Gasteiger partial charge in [0.1, 0.15) is 12.6 Å². The Morgan fingerprint density at radius 2 is 1.64 bits per heavy atom. The monoisotopic (exact) mass is 571 g/mol. The molecule has 0 heterocycles. The molecule has 3 rings (SSSR count). The molecule has 3 aromatic rings. The highest BCUT2D eigenvalue weighted by Crippen LogP contribution is 2.26. The van der Waals surface area contributed by atoms with Crippen LogP contribution in [0.1, 0.15) is 23.6 Å². The fraction of sp³-hybridized carbons (Fsp3) is 0.259. The number of benzene rings is 3. The first kappa shape index (κ1) is 27.4. The quantitative estimate of drug-likeness (QED) is 0.411. The standard InChI is InChI=1S/C27H30BrN3O4S/c1-19-13-14-24(15-20(19)2)31(36(34,35)25-11-6-5-7-12-25)18-26(32)30(21(3)27(33)29-4)17-22-9-8-10-23(28)16-22/h5-16,21H,17-18H2,1-4H3,(H,29,33). The average Bonchev–Trinajstić information content (AvgIpc) is 2.87. The van der Waals surface area contributed by atoms with E-state index < -0.39 is 28.5 Å². The molecular formula is C27H30BrN3O4S. The van der Waals surface area contributed by atoms with Crippen molar-refractivity contribution in [1.82, 2.24) is 10.2 Å². The number of likely N-dealkylation sites (N-methyl/N-ethyl adjacent to an activating group) is 1. The van der Waals surface area contributed by atoms with E-state index in [2.05, 4.69) is 21.2 Å². The van der Waals surface area contributed by atoms with Crippen LogP contribution in [0.4, 0.5) is 5.69 Å². The molecule has 9 heteroatoms. The molecule has 0 radical (unpaired) electrons. The first-order chi connectivity index (χ1) is 17.0. The first-order valence-corrected chi connectivity index (χ1v) is 13.7. The Bertz CT molecular complexity index is 1350. The van der Waals surface area contributed by atoms with Gasteiger partial charge in [-0.1, -0.05) is 52.3 Å². The lowest BCUT2D eigenvalue weighted by atomic mass is 10.1. The summed E-state index contributed by atoms with van der Waals surface area (Å²) in [5.74, 6) is -0.842. The molecule has 190 valence electrons. The van der Waals surface area contributed by atoms with Gasteiger partial charge in [-0.15, -0.1) is 0 Å². The number of sulfonamides is 1. The third kappa shape index (κ3) is 6.33. The van der Waals surface area contributed by atoms with E-state index in [0.29, 0.717) is 5.69 Å². The van der Waals surface area contributed by atoms with Gasteiger partial charge in [-0.05, 0) is 73.9 Å². The molecule has 0 aliphatic rings. The summed E-state index contributed by atoms with van der Waals surface area (Å²) in [5, 5.41) is 2.58. The Kier molecular flexibility index (Phi) is 8.92. The van der Waals surface area contributed by atoms with Crippen molar-refractivity contribution in [2.24, 2.45) is 0 Å². The maximum absolute atomic E-state index is 13.7. The zero-order valence-electron chi connectivity index (χ0n) is 20.7. The highest BCUT2D eigenvalue weighted by atomic mass is 79.9. The summed E-state index contributed by atoms with van der Waals surface area (Å²) in [6.45, 7) is 5.13. The van der Waals surface area contributed by atoms with Crippen LogP contribution in [-0.2, 0) is 26.2 Å². The highest BCUT2D eigenvalue weighted by Gasteiger charge is 2.32. The second-order valence-electron chi connectivity index (χ2n) is 8.54. The van der Waals surface area contributed by atoms with Crippen molar-refractivity contribution in [3.8, 4) is 0 Å². The van der Waals surface area contributed by atoms with E-state index in [-0.39, 0.29) is 17.3 Å². The molecule has 2 amide bonds. The Hall–Kier alpha value is -3.17. The van der Waals surface area contributed by atoms with Gasteiger partial charge in [0.05, 0.1) is 10.6 Å². The SMILES string of the molecule is CNC(=O)C(C)N(Cc1cccc(Br)c1)C(=O)CN(c1ccc(C)c(C)c1)S(=O)(=O)c1ccccc1. The largest absolute Gasteiger partial charge is 0.357 e. The minimum Gasteiger partial charge on any atom is -0.357 e. The molecule has 1 atom stereocenters. The third-order valence-electron chi connectivity index (χ3n) is 6.04. The topological polar surface area (TPSA) is 86.8 Å². The number of carbonyl (C=O) groups is 2. The summed E-state index contributed by atoms with van der Waals surface area (Å²) >= 11 is 3.43. The van der Waals surface area contributed by atoms with Crippen LogP contribution in [0.5, 0.6) is 0 Å². The molecule has 0 saturated carbocycles. The van der Waals surface area contributed by atoms with Crippen LogP contribution < -0.4 is 9.62 Å². The average molecular weight is 573 g/mol. The molecule has 0 spiro atoms. The lowest BCUT2D eigenvalue weighted by Crippen LogP contribution is -2.50. The number of halogens is 1. The number of anilines is 1. The van der Waals surface area contributed by atoms with E-state index in [9.17, 15) is 18.0 Å². The van der Waals surface area contributed by atoms with Crippen LogP contribution in [-0.4, -0.2) is 44.8 Å². The molecule has 0 aliphatic carbocycles. The van der Waals surface area contributed by atoms with Gasteiger partial charge in [0.25, 0.3) is 10.0 Å². The number of nitrogens with one attached hydrogen (secondary N) is 1. The number of hydrogen-bond donors (Lipinski definition) is 1. The normalized spacial score (nSPS) is 12.0. The van der Waals surface area contributed by atoms with Gasteiger partial charge in [0.2, 0.25) is 11.8 Å². The summed E-state index contributed by atoms with van der Waals surface area (Å²) in [4.78, 5) is 27.7. The zero-order chi connectivity index (χ0) is 26.5. The molecule has 0 saturated heterocycles. The van der Waals surface area contributed by atoms with Crippen molar-refractivity contribution in [3.05, 3.63) is 94.0 Å². The van der Waals surface area contributed by atoms with Crippen molar-refractivity contribution in [2.75, 3.05) is 17.9 Å². The predicted octanol–water partition coefficient (Wildman–Crippen LogP) is 4.42. The summed E-state index contributed by atoms with van der Waals surface area (Å²) in [7, 11) is -2.56. The van der Waals surface area contributed by atoms with Crippen LogP contribution in [0.3, 0.4) is 0 Å².